The number of para-hydroxylation sites is 2. The molecule has 2 aromatic heterocycles. The van der Waals surface area contributed by atoms with Crippen molar-refractivity contribution in [3.63, 3.8) is 0 Å². The quantitative estimate of drug-likeness (QED) is 0.0571. The van der Waals surface area contributed by atoms with Crippen LogP contribution in [0.1, 0.15) is 61.9 Å². The minimum absolute atomic E-state index is 0.0556. The number of rotatable bonds is 12. The van der Waals surface area contributed by atoms with E-state index in [4.69, 9.17) is 30.4 Å². The number of hydrogen-bond acceptors (Lipinski definition) is 11. The summed E-state index contributed by atoms with van der Waals surface area (Å²) in [7, 11) is 0.562. The normalized spacial score (nSPS) is 13.8. The summed E-state index contributed by atoms with van der Waals surface area (Å²) in [5, 5.41) is 28.6. The highest BCUT2D eigenvalue weighted by Crippen LogP contribution is 2.40. The zero-order chi connectivity index (χ0) is 48.6. The maximum Gasteiger partial charge on any atom is 0.488 e. The Kier molecular flexibility index (Phi) is 15.2. The SMILES string of the molecule is C=CC(=O)N1CCC[C@@H](n2nc(-c3ccc(CNC(=O)c4cccc(C(F)(F)F)c4OC)cc3)c3c(N)ncnc32)C1.COc1c(C(=O)NCc2ccc(B(O)O)cc2)cccc1C(F)(F)F. The van der Waals surface area contributed by atoms with Crippen molar-refractivity contribution in [1.82, 2.24) is 35.3 Å². The number of ether oxygens (including phenoxy) is 2. The van der Waals surface area contributed by atoms with Crippen LogP contribution in [0, 0.1) is 0 Å². The van der Waals surface area contributed by atoms with Crippen molar-refractivity contribution in [3.8, 4) is 22.8 Å². The number of nitrogens with zero attached hydrogens (tertiary/aromatic N) is 5. The number of nitrogens with two attached hydrogens (primary N) is 1. The molecule has 15 nitrogen and oxygen atoms in total. The van der Waals surface area contributed by atoms with Gasteiger partial charge in [-0.1, -0.05) is 67.2 Å². The number of methoxy groups -OCH3 is 2. The molecule has 0 spiro atoms. The fourth-order valence-electron chi connectivity index (χ4n) is 7.40. The maximum absolute atomic E-state index is 13.3. The number of carbonyl (C=O) groups excluding carboxylic acids is 3. The Labute approximate surface area is 379 Å². The van der Waals surface area contributed by atoms with Crippen LogP contribution in [0.3, 0.4) is 0 Å². The molecule has 1 atom stereocenters. The largest absolute Gasteiger partial charge is 0.495 e. The summed E-state index contributed by atoms with van der Waals surface area (Å²) < 4.78 is 90.5. The number of fused-ring (bicyclic) bond motifs is 1. The lowest BCUT2D eigenvalue weighted by molar-refractivity contribution is -0.139. The molecule has 0 unspecified atom stereocenters. The van der Waals surface area contributed by atoms with E-state index in [1.165, 1.54) is 36.7 Å². The van der Waals surface area contributed by atoms with Crippen LogP contribution in [-0.4, -0.2) is 86.8 Å². The number of carbonyl (C=O) groups is 3. The van der Waals surface area contributed by atoms with E-state index >= 15 is 0 Å². The molecule has 7 rings (SSSR count). The van der Waals surface area contributed by atoms with E-state index < -0.39 is 53.9 Å². The first-order chi connectivity index (χ1) is 31.9. The summed E-state index contributed by atoms with van der Waals surface area (Å²) in [4.78, 5) is 47.5. The third-order valence-electron chi connectivity index (χ3n) is 10.7. The molecule has 0 saturated carbocycles. The number of benzene rings is 4. The van der Waals surface area contributed by atoms with Gasteiger partial charge in [0.05, 0.1) is 47.9 Å². The molecule has 67 heavy (non-hydrogen) atoms. The van der Waals surface area contributed by atoms with Crippen LogP contribution >= 0.6 is 0 Å². The number of aromatic nitrogens is 4. The summed E-state index contributed by atoms with van der Waals surface area (Å²) >= 11 is 0. The van der Waals surface area contributed by atoms with E-state index in [1.54, 1.807) is 46.0 Å². The van der Waals surface area contributed by atoms with Crippen LogP contribution in [0.25, 0.3) is 22.3 Å². The Bertz CT molecular complexity index is 2750. The Hall–Kier alpha value is -7.46. The van der Waals surface area contributed by atoms with Gasteiger partial charge in [0, 0.05) is 31.7 Å². The van der Waals surface area contributed by atoms with E-state index in [9.17, 15) is 40.7 Å². The van der Waals surface area contributed by atoms with E-state index in [0.29, 0.717) is 40.9 Å². The van der Waals surface area contributed by atoms with Gasteiger partial charge in [0.1, 0.15) is 29.3 Å². The number of nitrogens with one attached hydrogen (secondary N) is 2. The van der Waals surface area contributed by atoms with Gasteiger partial charge in [-0.05, 0) is 59.8 Å². The second kappa shape index (κ2) is 20.8. The smallest absolute Gasteiger partial charge is 0.488 e. The molecule has 1 saturated heterocycles. The fraction of sp³-hybridized carbons (Fsp3) is 0.244. The highest BCUT2D eigenvalue weighted by molar-refractivity contribution is 6.58. The molecule has 0 aliphatic carbocycles. The average molecular weight is 933 g/mol. The van der Waals surface area contributed by atoms with Crippen LogP contribution in [0.4, 0.5) is 32.2 Å². The predicted molar refractivity (Wildman–Crippen MR) is 235 cm³/mol. The van der Waals surface area contributed by atoms with Crippen LogP contribution in [0.5, 0.6) is 11.5 Å². The van der Waals surface area contributed by atoms with Gasteiger partial charge in [-0.15, -0.1) is 0 Å². The van der Waals surface area contributed by atoms with Crippen molar-refractivity contribution < 1.29 is 60.2 Å². The van der Waals surface area contributed by atoms with Gasteiger partial charge in [0.15, 0.2) is 5.65 Å². The highest BCUT2D eigenvalue weighted by Gasteiger charge is 2.37. The first-order valence-corrected chi connectivity index (χ1v) is 20.3. The van der Waals surface area contributed by atoms with Gasteiger partial charge < -0.3 is 40.8 Å². The molecular weight excluding hydrogens is 889 g/mol. The molecule has 1 aliphatic rings. The molecule has 4 aromatic carbocycles. The number of amides is 3. The Balaban J connectivity index is 0.000000253. The molecule has 0 radical (unpaired) electrons. The molecule has 3 amide bonds. The van der Waals surface area contributed by atoms with Crippen LogP contribution in [0.15, 0.2) is 104 Å². The third kappa shape index (κ3) is 11.3. The van der Waals surface area contributed by atoms with Crippen molar-refractivity contribution in [2.24, 2.45) is 0 Å². The van der Waals surface area contributed by atoms with Crippen LogP contribution in [-0.2, 0) is 30.2 Å². The maximum atomic E-state index is 13.3. The van der Waals surface area contributed by atoms with Crippen molar-refractivity contribution in [1.29, 1.82) is 0 Å². The molecule has 22 heteroatoms. The average Bonchev–Trinajstić information content (AvgIpc) is 3.72. The molecule has 1 aliphatic heterocycles. The first kappa shape index (κ1) is 49.0. The molecule has 3 heterocycles. The van der Waals surface area contributed by atoms with Crippen LogP contribution < -0.4 is 31.3 Å². The lowest BCUT2D eigenvalue weighted by atomic mass is 9.80. The Morgan fingerprint density at radius 1 is 0.821 bits per heavy atom. The van der Waals surface area contributed by atoms with E-state index in [0.717, 1.165) is 56.9 Å². The summed E-state index contributed by atoms with van der Waals surface area (Å²) in [5.41, 5.74) is 7.25. The van der Waals surface area contributed by atoms with Gasteiger partial charge in [0.2, 0.25) is 5.91 Å². The summed E-state index contributed by atoms with van der Waals surface area (Å²) in [6, 6.07) is 19.6. The minimum atomic E-state index is -4.66. The van der Waals surface area contributed by atoms with Crippen molar-refractivity contribution >= 4 is 47.2 Å². The molecule has 6 aromatic rings. The third-order valence-corrected chi connectivity index (χ3v) is 10.7. The fourth-order valence-corrected chi connectivity index (χ4v) is 7.40. The topological polar surface area (TPSA) is 207 Å². The number of halogens is 6. The number of hydrogen-bond donors (Lipinski definition) is 5. The van der Waals surface area contributed by atoms with Crippen molar-refractivity contribution in [2.45, 2.75) is 44.3 Å². The number of likely N-dealkylation sites (tertiary alicyclic amines) is 1. The summed E-state index contributed by atoms with van der Waals surface area (Å²) in [6.07, 6.45) is -5.02. The molecule has 0 bridgehead atoms. The lowest BCUT2D eigenvalue weighted by Gasteiger charge is -2.32. The summed E-state index contributed by atoms with van der Waals surface area (Å²) in [6.45, 7) is 4.80. The van der Waals surface area contributed by atoms with Crippen molar-refractivity contribution in [2.75, 3.05) is 33.0 Å². The standard InChI is InChI=1S/C29H28F3N7O3.C16H15BF3NO4/c1-3-22(40)38-13-5-6-19(15-38)39-27-23(26(33)35-16-36-27)24(37-39)18-11-9-17(10-12-18)14-34-28(41)20-7-4-8-21(25(20)42-2)29(30,31)32;1-25-14-12(3-2-4-13(14)16(18,19)20)15(22)21-9-10-5-7-11(8-6-10)17(23)24/h3-4,7-12,16,19H,1,5-6,13-15H2,2H3,(H,34,41)(H2,33,35,36);2-8,23-24H,9H2,1H3,(H,21,22)/t19-;/m1./s1. The van der Waals surface area contributed by atoms with E-state index in [2.05, 4.69) is 27.2 Å². The molecular formula is C45H43BF6N8O7. The predicted octanol–water partition coefficient (Wildman–Crippen LogP) is 5.71. The second-order valence-corrected chi connectivity index (χ2v) is 15.0. The second-order valence-electron chi connectivity index (χ2n) is 15.0. The van der Waals surface area contributed by atoms with Gasteiger partial charge in [-0.25, -0.2) is 14.6 Å². The van der Waals surface area contributed by atoms with Crippen LogP contribution in [0.2, 0.25) is 0 Å². The Morgan fingerprint density at radius 3 is 1.82 bits per heavy atom. The van der Waals surface area contributed by atoms with Gasteiger partial charge in [0.25, 0.3) is 11.8 Å². The molecule has 1 fully saturated rings. The van der Waals surface area contributed by atoms with Crippen molar-refractivity contribution in [3.05, 3.63) is 137 Å². The number of alkyl halides is 6. The molecule has 6 N–H and O–H groups in total. The number of nitrogen functional groups attached to an aromatic ring is 1. The zero-order valence-electron chi connectivity index (χ0n) is 35.9. The highest BCUT2D eigenvalue weighted by atomic mass is 19.4. The zero-order valence-corrected chi connectivity index (χ0v) is 35.9. The number of anilines is 1. The molecule has 350 valence electrons. The monoisotopic (exact) mass is 932 g/mol. The van der Waals surface area contributed by atoms with Gasteiger partial charge in [-0.2, -0.15) is 31.4 Å². The van der Waals surface area contributed by atoms with E-state index in [-0.39, 0.29) is 47.4 Å². The lowest BCUT2D eigenvalue weighted by Crippen LogP contribution is -2.40. The first-order valence-electron chi connectivity index (χ1n) is 20.3. The van der Waals surface area contributed by atoms with E-state index in [1.807, 2.05) is 0 Å². The number of piperidine rings is 1. The summed E-state index contributed by atoms with van der Waals surface area (Å²) in [5.74, 6) is -2.36. The van der Waals surface area contributed by atoms with Gasteiger partial charge in [-0.3, -0.25) is 14.4 Å². The minimum Gasteiger partial charge on any atom is -0.495 e. The van der Waals surface area contributed by atoms with Gasteiger partial charge >= 0.3 is 19.5 Å². The Morgan fingerprint density at radius 2 is 1.34 bits per heavy atom.